The molecule has 0 radical (unpaired) electrons. The summed E-state index contributed by atoms with van der Waals surface area (Å²) in [6.07, 6.45) is 0. The fourth-order valence-electron chi connectivity index (χ4n) is 1.30. The maximum Gasteiger partial charge on any atom is 0.294 e. The average molecular weight is 301 g/mol. The third-order valence-corrected chi connectivity index (χ3v) is 3.75. The second kappa shape index (κ2) is 4.57. The number of nitrogens with two attached hydrogens (primary N) is 1. The number of nitrogen functional groups attached to an aromatic ring is 1. The van der Waals surface area contributed by atoms with E-state index in [-0.39, 0.29) is 15.7 Å². The quantitative estimate of drug-likeness (QED) is 0.542. The third-order valence-electron chi connectivity index (χ3n) is 2.15. The standard InChI is InChI=1S/C9H7N3O5S2/c10-9-12-11-8(18-9)7(14)5-3-4(19(15,16)17)1-2-6(5)13/h1-3,13H,(H2,10,12)(H,15,16,17). The number of nitrogens with zero attached hydrogens (tertiary/aromatic N) is 2. The number of phenolic OH excluding ortho intramolecular Hbond substituents is 1. The molecule has 0 aliphatic heterocycles. The molecule has 100 valence electrons. The Morgan fingerprint density at radius 1 is 1.32 bits per heavy atom. The molecule has 8 nitrogen and oxygen atoms in total. The first-order chi connectivity index (χ1) is 8.79. The number of anilines is 1. The van der Waals surface area contributed by atoms with Crippen LogP contribution in [0.2, 0.25) is 0 Å². The molecule has 1 aromatic carbocycles. The topological polar surface area (TPSA) is 143 Å². The smallest absolute Gasteiger partial charge is 0.294 e. The monoisotopic (exact) mass is 301 g/mol. The Labute approximate surface area is 111 Å². The first-order valence-corrected chi connectivity index (χ1v) is 6.99. The van der Waals surface area contributed by atoms with Crippen LogP contribution < -0.4 is 5.73 Å². The predicted octanol–water partition coefficient (Wildman–Crippen LogP) is 0.304. The number of phenols is 1. The van der Waals surface area contributed by atoms with E-state index in [1.54, 1.807) is 0 Å². The van der Waals surface area contributed by atoms with E-state index in [0.29, 0.717) is 0 Å². The van der Waals surface area contributed by atoms with Gasteiger partial charge in [-0.15, -0.1) is 10.2 Å². The molecule has 0 unspecified atom stereocenters. The molecule has 1 aromatic heterocycles. The molecule has 1 heterocycles. The Morgan fingerprint density at radius 2 is 2.00 bits per heavy atom. The minimum absolute atomic E-state index is 0.0637. The molecule has 0 saturated heterocycles. The Hall–Kier alpha value is -2.04. The molecule has 0 saturated carbocycles. The van der Waals surface area contributed by atoms with Crippen molar-refractivity contribution in [3.05, 3.63) is 28.8 Å². The van der Waals surface area contributed by atoms with Gasteiger partial charge in [0, 0.05) is 0 Å². The molecular weight excluding hydrogens is 294 g/mol. The van der Waals surface area contributed by atoms with Gasteiger partial charge >= 0.3 is 0 Å². The lowest BCUT2D eigenvalue weighted by Crippen LogP contribution is -2.05. The highest BCUT2D eigenvalue weighted by Gasteiger charge is 2.21. The summed E-state index contributed by atoms with van der Waals surface area (Å²) in [5.74, 6) is -1.18. The number of rotatable bonds is 3. The van der Waals surface area contributed by atoms with Crippen LogP contribution in [-0.4, -0.2) is 34.1 Å². The molecule has 19 heavy (non-hydrogen) atoms. The second-order valence-corrected chi connectivity index (χ2v) is 5.86. The van der Waals surface area contributed by atoms with Gasteiger partial charge in [-0.2, -0.15) is 8.42 Å². The molecule has 2 aromatic rings. The SMILES string of the molecule is Nc1nnc(C(=O)c2cc(S(=O)(=O)O)ccc2O)s1. The average Bonchev–Trinajstić information content (AvgIpc) is 2.74. The highest BCUT2D eigenvalue weighted by Crippen LogP contribution is 2.25. The first kappa shape index (κ1) is 13.4. The lowest BCUT2D eigenvalue weighted by atomic mass is 10.1. The van der Waals surface area contributed by atoms with Crippen LogP contribution in [0.1, 0.15) is 15.4 Å². The number of benzene rings is 1. The van der Waals surface area contributed by atoms with Crippen molar-refractivity contribution in [3.8, 4) is 5.75 Å². The number of hydrogen-bond donors (Lipinski definition) is 3. The highest BCUT2D eigenvalue weighted by atomic mass is 32.2. The molecule has 0 fully saturated rings. The number of carbonyl (C=O) groups excluding carboxylic acids is 1. The van der Waals surface area contributed by atoms with Crippen LogP contribution in [0.25, 0.3) is 0 Å². The summed E-state index contributed by atoms with van der Waals surface area (Å²) in [4.78, 5) is 11.5. The van der Waals surface area contributed by atoms with Gasteiger partial charge in [0.15, 0.2) is 5.01 Å². The van der Waals surface area contributed by atoms with Crippen molar-refractivity contribution in [3.63, 3.8) is 0 Å². The van der Waals surface area contributed by atoms with Gasteiger partial charge in [-0.1, -0.05) is 11.3 Å². The fourth-order valence-corrected chi connectivity index (χ4v) is 2.37. The summed E-state index contributed by atoms with van der Waals surface area (Å²) in [5, 5.41) is 16.5. The van der Waals surface area contributed by atoms with E-state index in [1.807, 2.05) is 0 Å². The zero-order valence-corrected chi connectivity index (χ0v) is 10.8. The Balaban J connectivity index is 2.53. The molecule has 0 aliphatic carbocycles. The zero-order chi connectivity index (χ0) is 14.2. The maximum absolute atomic E-state index is 12.0. The van der Waals surface area contributed by atoms with Gasteiger partial charge < -0.3 is 10.8 Å². The molecule has 4 N–H and O–H groups in total. The fraction of sp³-hybridized carbons (Fsp3) is 0. The van der Waals surface area contributed by atoms with Crippen LogP contribution >= 0.6 is 11.3 Å². The van der Waals surface area contributed by atoms with Crippen molar-refractivity contribution >= 4 is 32.4 Å². The Bertz CT molecular complexity index is 753. The lowest BCUT2D eigenvalue weighted by molar-refractivity contribution is 0.103. The van der Waals surface area contributed by atoms with E-state index in [0.717, 1.165) is 29.5 Å². The van der Waals surface area contributed by atoms with E-state index in [4.69, 9.17) is 10.3 Å². The Kier molecular flexibility index (Phi) is 3.22. The lowest BCUT2D eigenvalue weighted by Gasteiger charge is -2.03. The van der Waals surface area contributed by atoms with Crippen LogP contribution in [0.5, 0.6) is 5.75 Å². The van der Waals surface area contributed by atoms with Gasteiger partial charge in [0.05, 0.1) is 10.5 Å². The Morgan fingerprint density at radius 3 is 2.53 bits per heavy atom. The largest absolute Gasteiger partial charge is 0.507 e. The van der Waals surface area contributed by atoms with Crippen LogP contribution in [0.3, 0.4) is 0 Å². The van der Waals surface area contributed by atoms with Crippen LogP contribution in [-0.2, 0) is 10.1 Å². The van der Waals surface area contributed by atoms with E-state index >= 15 is 0 Å². The summed E-state index contributed by atoms with van der Waals surface area (Å²) in [7, 11) is -4.47. The normalized spacial score (nSPS) is 11.4. The second-order valence-electron chi connectivity index (χ2n) is 3.43. The van der Waals surface area contributed by atoms with Gasteiger partial charge in [0.2, 0.25) is 10.9 Å². The summed E-state index contributed by atoms with van der Waals surface area (Å²) in [6.45, 7) is 0. The number of carbonyl (C=O) groups is 1. The number of aromatic hydroxyl groups is 1. The molecular formula is C9H7N3O5S2. The van der Waals surface area contributed by atoms with Crippen LogP contribution in [0.15, 0.2) is 23.1 Å². The summed E-state index contributed by atoms with van der Waals surface area (Å²) >= 11 is 0.796. The molecule has 2 rings (SSSR count). The van der Waals surface area contributed by atoms with E-state index < -0.39 is 26.5 Å². The van der Waals surface area contributed by atoms with Gasteiger partial charge in [-0.3, -0.25) is 9.35 Å². The van der Waals surface area contributed by atoms with Gasteiger partial charge in [0.25, 0.3) is 10.1 Å². The molecule has 10 heteroatoms. The van der Waals surface area contributed by atoms with Crippen molar-refractivity contribution in [1.29, 1.82) is 0 Å². The molecule has 0 aliphatic rings. The predicted molar refractivity (Wildman–Crippen MR) is 65.7 cm³/mol. The van der Waals surface area contributed by atoms with Crippen molar-refractivity contribution in [1.82, 2.24) is 10.2 Å². The van der Waals surface area contributed by atoms with Gasteiger partial charge in [-0.25, -0.2) is 0 Å². The minimum Gasteiger partial charge on any atom is -0.507 e. The van der Waals surface area contributed by atoms with E-state index in [2.05, 4.69) is 10.2 Å². The van der Waals surface area contributed by atoms with Crippen LogP contribution in [0, 0.1) is 0 Å². The molecule has 0 bridgehead atoms. The third kappa shape index (κ3) is 2.70. The van der Waals surface area contributed by atoms with Crippen molar-refractivity contribution in [2.24, 2.45) is 0 Å². The van der Waals surface area contributed by atoms with Gasteiger partial charge in [-0.05, 0) is 18.2 Å². The van der Waals surface area contributed by atoms with Crippen molar-refractivity contribution in [2.45, 2.75) is 4.90 Å². The molecule has 0 spiro atoms. The minimum atomic E-state index is -4.47. The highest BCUT2D eigenvalue weighted by molar-refractivity contribution is 7.85. The number of aromatic nitrogens is 2. The number of ketones is 1. The number of hydrogen-bond acceptors (Lipinski definition) is 8. The molecule has 0 atom stereocenters. The van der Waals surface area contributed by atoms with Crippen molar-refractivity contribution in [2.75, 3.05) is 5.73 Å². The first-order valence-electron chi connectivity index (χ1n) is 4.73. The van der Waals surface area contributed by atoms with Crippen LogP contribution in [0.4, 0.5) is 5.13 Å². The van der Waals surface area contributed by atoms with Crippen molar-refractivity contribution < 1.29 is 22.9 Å². The summed E-state index contributed by atoms with van der Waals surface area (Å²) < 4.78 is 30.8. The van der Waals surface area contributed by atoms with E-state index in [9.17, 15) is 18.3 Å². The molecule has 0 amide bonds. The van der Waals surface area contributed by atoms with E-state index in [1.165, 1.54) is 0 Å². The summed E-state index contributed by atoms with van der Waals surface area (Å²) in [5.41, 5.74) is 5.01. The van der Waals surface area contributed by atoms with Gasteiger partial charge in [0.1, 0.15) is 5.75 Å². The maximum atomic E-state index is 12.0. The summed E-state index contributed by atoms with van der Waals surface area (Å²) in [6, 6.07) is 2.81. The zero-order valence-electron chi connectivity index (χ0n) is 9.14.